The zero-order valence-electron chi connectivity index (χ0n) is 19.7. The molecule has 0 radical (unpaired) electrons. The molecule has 9 heteroatoms. The summed E-state index contributed by atoms with van der Waals surface area (Å²) in [7, 11) is 0. The van der Waals surface area contributed by atoms with Gasteiger partial charge in [-0.2, -0.15) is 0 Å². The van der Waals surface area contributed by atoms with Gasteiger partial charge in [-0.15, -0.1) is 0 Å². The Kier molecular flexibility index (Phi) is 9.55. The first-order chi connectivity index (χ1) is 16.9. The van der Waals surface area contributed by atoms with E-state index in [1.807, 2.05) is 55.5 Å². The predicted octanol–water partition coefficient (Wildman–Crippen LogP) is 5.43. The van der Waals surface area contributed by atoms with Gasteiger partial charge in [-0.25, -0.2) is 14.4 Å². The van der Waals surface area contributed by atoms with Crippen molar-refractivity contribution in [1.82, 2.24) is 5.32 Å². The van der Waals surface area contributed by atoms with Crippen molar-refractivity contribution in [2.45, 2.75) is 52.2 Å². The average molecular weight is 502 g/mol. The smallest absolute Gasteiger partial charge is 0.456 e. The fraction of sp³-hybridized carbons (Fsp3) is 0.346. The number of aryl methyl sites for hydroxylation is 2. The van der Waals surface area contributed by atoms with Gasteiger partial charge in [0.2, 0.25) is 0 Å². The molecular weight excluding hydrogens is 474 g/mol. The highest BCUT2D eigenvalue weighted by Gasteiger charge is 2.24. The number of carbonyl (C=O) groups excluding carboxylic acids is 2. The Bertz CT molecular complexity index is 1180. The molecule has 1 atom stereocenters. The molecule has 1 heterocycles. The van der Waals surface area contributed by atoms with Gasteiger partial charge in [0.25, 0.3) is 0 Å². The summed E-state index contributed by atoms with van der Waals surface area (Å²) in [5, 5.41) is 3.24. The average Bonchev–Trinajstić information content (AvgIpc) is 3.17. The largest absolute Gasteiger partial charge is 0.519 e. The second-order valence-electron chi connectivity index (χ2n) is 7.97. The minimum Gasteiger partial charge on any atom is -0.456 e. The van der Waals surface area contributed by atoms with E-state index >= 15 is 0 Å². The normalized spacial score (nSPS) is 11.6. The molecule has 2 aromatic carbocycles. The number of alkyl carbamates (subject to hydrolysis) is 1. The molecule has 1 N–H and O–H groups in total. The van der Waals surface area contributed by atoms with Crippen molar-refractivity contribution < 1.29 is 27.9 Å². The molecule has 0 aliphatic carbocycles. The van der Waals surface area contributed by atoms with Crippen LogP contribution in [0.15, 0.2) is 62.2 Å². The summed E-state index contributed by atoms with van der Waals surface area (Å²) in [6.07, 6.45) is 1.69. The maximum atomic E-state index is 12.7. The molecule has 3 rings (SSSR count). The number of hydrogen-bond acceptors (Lipinski definition) is 7. The monoisotopic (exact) mass is 501 g/mol. The van der Waals surface area contributed by atoms with E-state index in [4.69, 9.17) is 29.9 Å². The van der Waals surface area contributed by atoms with Gasteiger partial charge in [-0.3, -0.25) is 0 Å². The number of esters is 1. The van der Waals surface area contributed by atoms with Crippen LogP contribution in [-0.4, -0.2) is 24.7 Å². The number of ether oxygens (including phenoxy) is 2. The Morgan fingerprint density at radius 2 is 1.83 bits per heavy atom. The van der Waals surface area contributed by atoms with Crippen LogP contribution >= 0.6 is 11.6 Å². The van der Waals surface area contributed by atoms with E-state index in [0.29, 0.717) is 11.4 Å². The molecule has 0 bridgehead atoms. The number of benzene rings is 2. The van der Waals surface area contributed by atoms with Crippen molar-refractivity contribution in [3.8, 4) is 11.1 Å². The predicted molar refractivity (Wildman–Crippen MR) is 130 cm³/mol. The summed E-state index contributed by atoms with van der Waals surface area (Å²) in [5.41, 5.74) is 3.00. The quantitative estimate of drug-likeness (QED) is 0.275. The zero-order chi connectivity index (χ0) is 25.2. The van der Waals surface area contributed by atoms with E-state index in [-0.39, 0.29) is 31.2 Å². The number of amides is 1. The van der Waals surface area contributed by atoms with Crippen LogP contribution in [0, 0.1) is 6.92 Å². The van der Waals surface area contributed by atoms with Crippen molar-refractivity contribution in [2.75, 3.05) is 6.61 Å². The van der Waals surface area contributed by atoms with Gasteiger partial charge in [0.05, 0.1) is 6.61 Å². The second-order valence-corrected chi connectivity index (χ2v) is 8.41. The molecule has 3 aromatic rings. The third-order valence-corrected chi connectivity index (χ3v) is 5.56. The third-order valence-electron chi connectivity index (χ3n) is 5.32. The topological polar surface area (TPSA) is 108 Å². The summed E-state index contributed by atoms with van der Waals surface area (Å²) in [5.74, 6) is -1.20. The number of nitrogens with one attached hydrogen (secondary N) is 1. The maximum Gasteiger partial charge on any atom is 0.519 e. The number of halogens is 1. The van der Waals surface area contributed by atoms with Crippen LogP contribution in [0.4, 0.5) is 4.79 Å². The highest BCUT2D eigenvalue weighted by atomic mass is 35.5. The number of hydrogen-bond donors (Lipinski definition) is 1. The van der Waals surface area contributed by atoms with E-state index in [0.717, 1.165) is 29.5 Å². The van der Waals surface area contributed by atoms with Gasteiger partial charge in [0, 0.05) is 5.02 Å². The van der Waals surface area contributed by atoms with Gasteiger partial charge in [0.15, 0.2) is 18.1 Å². The highest BCUT2D eigenvalue weighted by molar-refractivity contribution is 6.30. The minimum absolute atomic E-state index is 0.115. The minimum atomic E-state index is -0.948. The number of rotatable bonds is 11. The first-order valence-electron chi connectivity index (χ1n) is 11.4. The molecule has 0 aliphatic heterocycles. The van der Waals surface area contributed by atoms with E-state index in [2.05, 4.69) is 5.32 Å². The first kappa shape index (κ1) is 26.1. The van der Waals surface area contributed by atoms with E-state index < -0.39 is 23.9 Å². The highest BCUT2D eigenvalue weighted by Crippen LogP contribution is 2.23. The lowest BCUT2D eigenvalue weighted by Gasteiger charge is -2.17. The molecule has 0 aliphatic rings. The van der Waals surface area contributed by atoms with Crippen LogP contribution in [0.1, 0.15) is 43.3 Å². The van der Waals surface area contributed by atoms with Gasteiger partial charge in [-0.05, 0) is 55.0 Å². The van der Waals surface area contributed by atoms with Crippen molar-refractivity contribution in [1.29, 1.82) is 0 Å². The van der Waals surface area contributed by atoms with Crippen molar-refractivity contribution in [2.24, 2.45) is 0 Å². The Morgan fingerprint density at radius 3 is 2.49 bits per heavy atom. The van der Waals surface area contributed by atoms with Gasteiger partial charge >= 0.3 is 17.9 Å². The van der Waals surface area contributed by atoms with E-state index in [1.54, 1.807) is 0 Å². The molecule has 186 valence electrons. The Labute approximate surface area is 208 Å². The van der Waals surface area contributed by atoms with Crippen LogP contribution in [0.5, 0.6) is 0 Å². The lowest BCUT2D eigenvalue weighted by Crippen LogP contribution is -2.42. The van der Waals surface area contributed by atoms with Crippen LogP contribution in [-0.2, 0) is 27.3 Å². The molecule has 1 unspecified atom stereocenters. The van der Waals surface area contributed by atoms with Crippen LogP contribution < -0.4 is 11.1 Å². The number of unbranched alkanes of at least 4 members (excludes halogenated alkanes) is 1. The zero-order valence-corrected chi connectivity index (χ0v) is 20.4. The van der Waals surface area contributed by atoms with Crippen LogP contribution in [0.2, 0.25) is 5.02 Å². The van der Waals surface area contributed by atoms with Crippen molar-refractivity contribution in [3.05, 3.63) is 81.3 Å². The summed E-state index contributed by atoms with van der Waals surface area (Å²) in [6.45, 7) is 3.49. The molecule has 8 nitrogen and oxygen atoms in total. The standard InChI is InChI=1S/C26H28ClNO7/c1-3-4-14-32-25(30)28-22(24(29)33-16-23-17(2)34-26(31)35-23)13-10-18-8-11-19(12-9-18)20-6-5-7-21(27)15-20/h5-9,11-12,15,22H,3-4,10,13-14,16H2,1-2H3,(H,28,30). The SMILES string of the molecule is CCCCOC(=O)NC(CCc1ccc(-c2cccc(Cl)c2)cc1)C(=O)OCc1oc(=O)oc1C. The molecule has 1 amide bonds. The molecule has 0 spiro atoms. The fourth-order valence-electron chi connectivity index (χ4n) is 3.33. The Morgan fingerprint density at radius 1 is 1.06 bits per heavy atom. The van der Waals surface area contributed by atoms with Gasteiger partial charge < -0.3 is 23.6 Å². The Hall–Kier alpha value is -3.52. The summed E-state index contributed by atoms with van der Waals surface area (Å²) >= 11 is 6.08. The number of carbonyl (C=O) groups is 2. The van der Waals surface area contributed by atoms with Crippen molar-refractivity contribution in [3.63, 3.8) is 0 Å². The molecular formula is C26H28ClNO7. The van der Waals surface area contributed by atoms with Crippen LogP contribution in [0.3, 0.4) is 0 Å². The lowest BCUT2D eigenvalue weighted by molar-refractivity contribution is -0.148. The lowest BCUT2D eigenvalue weighted by atomic mass is 10.0. The van der Waals surface area contributed by atoms with Gasteiger partial charge in [0.1, 0.15) is 6.04 Å². The molecule has 1 aromatic heterocycles. The maximum absolute atomic E-state index is 12.7. The third kappa shape index (κ3) is 8.03. The molecule has 0 saturated carbocycles. The van der Waals surface area contributed by atoms with Gasteiger partial charge in [-0.1, -0.05) is 61.3 Å². The molecule has 0 saturated heterocycles. The first-order valence-corrected chi connectivity index (χ1v) is 11.8. The summed E-state index contributed by atoms with van der Waals surface area (Å²) < 4.78 is 20.0. The Balaban J connectivity index is 1.63. The summed E-state index contributed by atoms with van der Waals surface area (Å²) in [6, 6.07) is 14.5. The summed E-state index contributed by atoms with van der Waals surface area (Å²) in [4.78, 5) is 36.1. The molecule has 0 fully saturated rings. The van der Waals surface area contributed by atoms with Crippen LogP contribution in [0.25, 0.3) is 11.1 Å². The fourth-order valence-corrected chi connectivity index (χ4v) is 3.52. The van der Waals surface area contributed by atoms with Crippen molar-refractivity contribution >= 4 is 23.7 Å². The molecule has 35 heavy (non-hydrogen) atoms. The van der Waals surface area contributed by atoms with E-state index in [9.17, 15) is 14.4 Å². The second kappa shape index (κ2) is 12.8. The van der Waals surface area contributed by atoms with E-state index in [1.165, 1.54) is 6.92 Å².